The first kappa shape index (κ1) is 21.2. The Hall–Kier alpha value is -2.51. The monoisotopic (exact) mass is 434 g/mol. The largest absolute Gasteiger partial charge is 0.490 e. The molecule has 2 aromatic carbocycles. The van der Waals surface area contributed by atoms with E-state index in [2.05, 4.69) is 10.3 Å². The van der Waals surface area contributed by atoms with Gasteiger partial charge < -0.3 is 14.2 Å². The molecular formula is C21H23ClN2O4S. The zero-order chi connectivity index (χ0) is 21.0. The Balaban J connectivity index is 1.96. The Bertz CT molecular complexity index is 969. The lowest BCUT2D eigenvalue weighted by molar-refractivity contribution is 0.102. The lowest BCUT2D eigenvalue weighted by Gasteiger charge is -2.16. The lowest BCUT2D eigenvalue weighted by Crippen LogP contribution is -2.13. The highest BCUT2D eigenvalue weighted by Gasteiger charge is 2.19. The average molecular weight is 435 g/mol. The van der Waals surface area contributed by atoms with Crippen LogP contribution in [0, 0.1) is 6.92 Å². The number of thiazole rings is 1. The quantitative estimate of drug-likeness (QED) is 0.492. The van der Waals surface area contributed by atoms with Crippen LogP contribution in [0.5, 0.6) is 17.2 Å². The Kier molecular flexibility index (Phi) is 6.82. The molecule has 29 heavy (non-hydrogen) atoms. The van der Waals surface area contributed by atoms with Gasteiger partial charge >= 0.3 is 0 Å². The number of hydrogen-bond acceptors (Lipinski definition) is 6. The van der Waals surface area contributed by atoms with Gasteiger partial charge in [-0.1, -0.05) is 29.0 Å². The molecule has 6 nitrogen and oxygen atoms in total. The maximum atomic E-state index is 12.9. The Morgan fingerprint density at radius 2 is 1.69 bits per heavy atom. The summed E-state index contributed by atoms with van der Waals surface area (Å²) in [6, 6.07) is 7.04. The third kappa shape index (κ3) is 4.57. The summed E-state index contributed by atoms with van der Waals surface area (Å²) in [6.45, 7) is 8.91. The van der Waals surface area contributed by atoms with E-state index in [0.717, 1.165) is 15.8 Å². The molecule has 1 aromatic heterocycles. The molecule has 0 aliphatic carbocycles. The van der Waals surface area contributed by atoms with E-state index >= 15 is 0 Å². The van der Waals surface area contributed by atoms with E-state index in [1.807, 2.05) is 39.8 Å². The zero-order valence-electron chi connectivity index (χ0n) is 16.8. The van der Waals surface area contributed by atoms with Crippen LogP contribution in [0.15, 0.2) is 24.3 Å². The average Bonchev–Trinajstić information content (AvgIpc) is 3.12. The SMILES string of the molecule is CCOc1cc(C(=O)Nc2nc3c(C)ccc(Cl)c3s2)cc(OCC)c1OCC. The first-order valence-electron chi connectivity index (χ1n) is 9.41. The molecule has 0 atom stereocenters. The van der Waals surface area contributed by atoms with Crippen LogP contribution in [0.1, 0.15) is 36.7 Å². The number of nitrogens with one attached hydrogen (secondary N) is 1. The van der Waals surface area contributed by atoms with Crippen molar-refractivity contribution < 1.29 is 19.0 Å². The minimum Gasteiger partial charge on any atom is -0.490 e. The molecule has 0 aliphatic heterocycles. The smallest absolute Gasteiger partial charge is 0.257 e. The van der Waals surface area contributed by atoms with Crippen LogP contribution in [0.4, 0.5) is 5.13 Å². The number of nitrogens with zero attached hydrogens (tertiary/aromatic N) is 1. The van der Waals surface area contributed by atoms with Gasteiger partial charge in [0.15, 0.2) is 16.6 Å². The molecular weight excluding hydrogens is 412 g/mol. The summed E-state index contributed by atoms with van der Waals surface area (Å²) in [5.74, 6) is 1.11. The number of halogens is 1. The van der Waals surface area contributed by atoms with Gasteiger partial charge in [-0.05, 0) is 51.5 Å². The van der Waals surface area contributed by atoms with Crippen molar-refractivity contribution in [2.45, 2.75) is 27.7 Å². The number of aromatic nitrogens is 1. The first-order chi connectivity index (χ1) is 14.0. The van der Waals surface area contributed by atoms with Gasteiger partial charge in [0.25, 0.3) is 5.91 Å². The van der Waals surface area contributed by atoms with Crippen LogP contribution in [0.3, 0.4) is 0 Å². The fourth-order valence-corrected chi connectivity index (χ4v) is 4.06. The second kappa shape index (κ2) is 9.33. The predicted octanol–water partition coefficient (Wildman–Crippen LogP) is 5.71. The number of aryl methyl sites for hydroxylation is 1. The van der Waals surface area contributed by atoms with Crippen LogP contribution < -0.4 is 19.5 Å². The summed E-state index contributed by atoms with van der Waals surface area (Å²) in [6.07, 6.45) is 0. The van der Waals surface area contributed by atoms with Gasteiger partial charge in [-0.2, -0.15) is 0 Å². The normalized spacial score (nSPS) is 10.8. The molecule has 0 aliphatic rings. The third-order valence-electron chi connectivity index (χ3n) is 4.09. The Morgan fingerprint density at radius 3 is 2.24 bits per heavy atom. The predicted molar refractivity (Wildman–Crippen MR) is 117 cm³/mol. The highest BCUT2D eigenvalue weighted by Crippen LogP contribution is 2.40. The number of carbonyl (C=O) groups excluding carboxylic acids is 1. The van der Waals surface area contributed by atoms with Gasteiger partial charge in [-0.15, -0.1) is 0 Å². The topological polar surface area (TPSA) is 69.7 Å². The number of benzene rings is 2. The van der Waals surface area contributed by atoms with E-state index in [-0.39, 0.29) is 5.91 Å². The van der Waals surface area contributed by atoms with Crippen molar-refractivity contribution >= 4 is 44.2 Å². The number of rotatable bonds is 8. The van der Waals surface area contributed by atoms with Crippen molar-refractivity contribution in [2.75, 3.05) is 25.1 Å². The molecule has 154 valence electrons. The standard InChI is InChI=1S/C21H23ClN2O4S/c1-5-26-15-10-13(11-16(27-6-2)18(15)28-7-3)20(25)24-21-23-17-12(4)8-9-14(22)19(17)29-21/h8-11H,5-7H2,1-4H3,(H,23,24,25). The minimum atomic E-state index is -0.317. The maximum Gasteiger partial charge on any atom is 0.257 e. The molecule has 8 heteroatoms. The van der Waals surface area contributed by atoms with E-state index in [9.17, 15) is 4.79 Å². The highest BCUT2D eigenvalue weighted by atomic mass is 35.5. The van der Waals surface area contributed by atoms with Crippen LogP contribution in [0.2, 0.25) is 5.02 Å². The number of anilines is 1. The maximum absolute atomic E-state index is 12.9. The molecule has 3 aromatic rings. The van der Waals surface area contributed by atoms with Crippen LogP contribution in [0.25, 0.3) is 10.2 Å². The number of fused-ring (bicyclic) bond motifs is 1. The first-order valence-corrected chi connectivity index (χ1v) is 10.6. The van der Waals surface area contributed by atoms with Gasteiger partial charge in [0, 0.05) is 5.56 Å². The minimum absolute atomic E-state index is 0.317. The Labute approximate surface area is 178 Å². The highest BCUT2D eigenvalue weighted by molar-refractivity contribution is 7.23. The van der Waals surface area contributed by atoms with Gasteiger partial charge in [0.05, 0.1) is 35.1 Å². The van der Waals surface area contributed by atoms with Crippen LogP contribution in [-0.2, 0) is 0 Å². The summed E-state index contributed by atoms with van der Waals surface area (Å²) in [5, 5.41) is 3.94. The molecule has 0 spiro atoms. The summed E-state index contributed by atoms with van der Waals surface area (Å²) >= 11 is 7.60. The van der Waals surface area contributed by atoms with Crippen molar-refractivity contribution in [3.05, 3.63) is 40.4 Å². The fourth-order valence-electron chi connectivity index (χ4n) is 2.84. The van der Waals surface area contributed by atoms with Crippen LogP contribution in [-0.4, -0.2) is 30.7 Å². The molecule has 0 radical (unpaired) electrons. The summed E-state index contributed by atoms with van der Waals surface area (Å²) in [4.78, 5) is 17.4. The molecule has 0 saturated heterocycles. The molecule has 0 bridgehead atoms. The van der Waals surface area contributed by atoms with Crippen molar-refractivity contribution in [3.8, 4) is 17.2 Å². The van der Waals surface area contributed by atoms with Crippen molar-refractivity contribution in [3.63, 3.8) is 0 Å². The second-order valence-corrected chi connectivity index (χ2v) is 7.52. The van der Waals surface area contributed by atoms with E-state index in [1.165, 1.54) is 11.3 Å². The molecule has 0 fully saturated rings. The summed E-state index contributed by atoms with van der Waals surface area (Å²) in [5.41, 5.74) is 2.18. The number of carbonyl (C=O) groups is 1. The van der Waals surface area contributed by atoms with Crippen molar-refractivity contribution in [1.29, 1.82) is 0 Å². The molecule has 1 N–H and O–H groups in total. The van der Waals surface area contributed by atoms with Crippen molar-refractivity contribution in [2.24, 2.45) is 0 Å². The molecule has 1 heterocycles. The van der Waals surface area contributed by atoms with Gasteiger partial charge in [0.1, 0.15) is 0 Å². The second-order valence-electron chi connectivity index (χ2n) is 6.12. The van der Waals surface area contributed by atoms with Crippen LogP contribution >= 0.6 is 22.9 Å². The number of hydrogen-bond donors (Lipinski definition) is 1. The Morgan fingerprint density at radius 1 is 1.07 bits per heavy atom. The third-order valence-corrected chi connectivity index (χ3v) is 5.52. The molecule has 1 amide bonds. The van der Waals surface area contributed by atoms with Gasteiger partial charge in [0.2, 0.25) is 5.75 Å². The lowest BCUT2D eigenvalue weighted by atomic mass is 10.1. The summed E-state index contributed by atoms with van der Waals surface area (Å²) in [7, 11) is 0. The van der Waals surface area contributed by atoms with Gasteiger partial charge in [-0.3, -0.25) is 10.1 Å². The molecule has 0 unspecified atom stereocenters. The van der Waals surface area contributed by atoms with Crippen molar-refractivity contribution in [1.82, 2.24) is 4.98 Å². The van der Waals surface area contributed by atoms with Gasteiger partial charge in [-0.25, -0.2) is 4.98 Å². The zero-order valence-corrected chi connectivity index (χ0v) is 18.4. The molecule has 3 rings (SSSR count). The van der Waals surface area contributed by atoms with E-state index in [1.54, 1.807) is 12.1 Å². The number of amides is 1. The van der Waals surface area contributed by atoms with E-state index in [0.29, 0.717) is 52.8 Å². The fraction of sp³-hybridized carbons (Fsp3) is 0.333. The molecule has 0 saturated carbocycles. The summed E-state index contributed by atoms with van der Waals surface area (Å²) < 4.78 is 17.9. The van der Waals surface area contributed by atoms with E-state index < -0.39 is 0 Å². The number of ether oxygens (including phenoxy) is 3. The van der Waals surface area contributed by atoms with E-state index in [4.69, 9.17) is 25.8 Å².